The fraction of sp³-hybridized carbons (Fsp3) is 0.278. The highest BCUT2D eigenvalue weighted by atomic mass is 32.1. The zero-order chi connectivity index (χ0) is 17.6. The van der Waals surface area contributed by atoms with E-state index in [1.54, 1.807) is 11.3 Å². The highest BCUT2D eigenvalue weighted by Gasteiger charge is 2.07. The molecular formula is C18H20N4O2S. The number of nitrogens with one attached hydrogen (secondary N) is 2. The molecule has 0 unspecified atom stereocenters. The Morgan fingerprint density at radius 3 is 2.64 bits per heavy atom. The Labute approximate surface area is 149 Å². The molecule has 130 valence electrons. The van der Waals surface area contributed by atoms with Gasteiger partial charge < -0.3 is 10.1 Å². The molecular weight excluding hydrogens is 336 g/mol. The van der Waals surface area contributed by atoms with Gasteiger partial charge in [0.2, 0.25) is 5.95 Å². The van der Waals surface area contributed by atoms with Gasteiger partial charge in [-0.3, -0.25) is 9.78 Å². The first-order valence-corrected chi connectivity index (χ1v) is 8.96. The van der Waals surface area contributed by atoms with Gasteiger partial charge in [0.25, 0.3) is 5.56 Å². The van der Waals surface area contributed by atoms with Gasteiger partial charge in [0, 0.05) is 17.0 Å². The van der Waals surface area contributed by atoms with Gasteiger partial charge in [-0.1, -0.05) is 19.9 Å². The fourth-order valence-electron chi connectivity index (χ4n) is 2.14. The second-order valence-electron chi connectivity index (χ2n) is 6.06. The van der Waals surface area contributed by atoms with E-state index in [9.17, 15) is 4.79 Å². The number of benzene rings is 1. The van der Waals surface area contributed by atoms with Crippen molar-refractivity contribution in [1.82, 2.24) is 15.2 Å². The van der Waals surface area contributed by atoms with E-state index in [1.165, 1.54) is 0 Å². The van der Waals surface area contributed by atoms with Gasteiger partial charge in [0.1, 0.15) is 11.4 Å². The maximum atomic E-state index is 12.1. The molecule has 0 fully saturated rings. The molecule has 0 atom stereocenters. The van der Waals surface area contributed by atoms with Crippen LogP contribution in [-0.2, 0) is 6.42 Å². The standard InChI is InChI=1S/C18H20N4O2S/c1-12(2)11-24-14-7-5-13(6-8-14)19-18-20-17(23)16(21-22-18)10-15-4-3-9-25-15/h3-9,12H,10-11H2,1-2H3,(H2,19,20,22,23). The van der Waals surface area contributed by atoms with Crippen molar-refractivity contribution in [1.29, 1.82) is 0 Å². The third kappa shape index (κ3) is 4.90. The zero-order valence-corrected chi connectivity index (χ0v) is 15.0. The predicted molar refractivity (Wildman–Crippen MR) is 99.8 cm³/mol. The second-order valence-corrected chi connectivity index (χ2v) is 7.09. The van der Waals surface area contributed by atoms with Gasteiger partial charge in [-0.05, 0) is 41.6 Å². The highest BCUT2D eigenvalue weighted by molar-refractivity contribution is 7.09. The molecule has 2 N–H and O–H groups in total. The van der Waals surface area contributed by atoms with Crippen LogP contribution in [0.15, 0.2) is 46.6 Å². The van der Waals surface area contributed by atoms with Gasteiger partial charge in [0.15, 0.2) is 0 Å². The third-order valence-corrected chi connectivity index (χ3v) is 4.26. The molecule has 1 aromatic carbocycles. The topological polar surface area (TPSA) is 79.9 Å². The van der Waals surface area contributed by atoms with Crippen molar-refractivity contribution in [2.45, 2.75) is 20.3 Å². The molecule has 3 rings (SSSR count). The van der Waals surface area contributed by atoms with E-state index in [0.29, 0.717) is 30.6 Å². The van der Waals surface area contributed by atoms with Gasteiger partial charge in [0.05, 0.1) is 6.61 Å². The summed E-state index contributed by atoms with van der Waals surface area (Å²) in [5.74, 6) is 1.60. The molecule has 3 aromatic rings. The van der Waals surface area contributed by atoms with Gasteiger partial charge in [-0.2, -0.15) is 0 Å². The van der Waals surface area contributed by atoms with Crippen LogP contribution in [0.5, 0.6) is 5.75 Å². The van der Waals surface area contributed by atoms with Crippen LogP contribution < -0.4 is 15.6 Å². The average molecular weight is 356 g/mol. The van der Waals surface area contributed by atoms with Crippen LogP contribution in [0.2, 0.25) is 0 Å². The van der Waals surface area contributed by atoms with Crippen LogP contribution in [0.4, 0.5) is 11.6 Å². The summed E-state index contributed by atoms with van der Waals surface area (Å²) in [5.41, 5.74) is 0.973. The number of thiophene rings is 1. The summed E-state index contributed by atoms with van der Waals surface area (Å²) in [5, 5.41) is 13.1. The Balaban J connectivity index is 1.64. The second kappa shape index (κ2) is 7.94. The van der Waals surface area contributed by atoms with Crippen LogP contribution >= 0.6 is 11.3 Å². The van der Waals surface area contributed by atoms with Gasteiger partial charge in [-0.25, -0.2) is 0 Å². The minimum Gasteiger partial charge on any atom is -0.493 e. The molecule has 25 heavy (non-hydrogen) atoms. The fourth-order valence-corrected chi connectivity index (χ4v) is 2.85. The van der Waals surface area contributed by atoms with E-state index < -0.39 is 0 Å². The largest absolute Gasteiger partial charge is 0.493 e. The smallest absolute Gasteiger partial charge is 0.274 e. The molecule has 2 heterocycles. The number of anilines is 2. The van der Waals surface area contributed by atoms with Crippen LogP contribution in [0.25, 0.3) is 0 Å². The first-order chi connectivity index (χ1) is 12.1. The molecule has 0 spiro atoms. The summed E-state index contributed by atoms with van der Waals surface area (Å²) < 4.78 is 5.64. The molecule has 0 saturated carbocycles. The zero-order valence-electron chi connectivity index (χ0n) is 14.2. The molecule has 2 aromatic heterocycles. The predicted octanol–water partition coefficient (Wildman–Crippen LogP) is 3.60. The Morgan fingerprint density at radius 1 is 1.20 bits per heavy atom. The summed E-state index contributed by atoms with van der Waals surface area (Å²) in [6.07, 6.45) is 0.488. The molecule has 0 aliphatic carbocycles. The monoisotopic (exact) mass is 356 g/mol. The number of ether oxygens (including phenoxy) is 1. The van der Waals surface area contributed by atoms with Crippen molar-refractivity contribution in [2.24, 2.45) is 5.92 Å². The molecule has 0 radical (unpaired) electrons. The van der Waals surface area contributed by atoms with Crippen LogP contribution in [0, 0.1) is 5.92 Å². The maximum absolute atomic E-state index is 12.1. The van der Waals surface area contributed by atoms with E-state index >= 15 is 0 Å². The van der Waals surface area contributed by atoms with E-state index in [0.717, 1.165) is 16.3 Å². The lowest BCUT2D eigenvalue weighted by Gasteiger charge is -2.10. The highest BCUT2D eigenvalue weighted by Crippen LogP contribution is 2.18. The van der Waals surface area contributed by atoms with Crippen LogP contribution in [0.3, 0.4) is 0 Å². The molecule has 0 aliphatic rings. The van der Waals surface area contributed by atoms with E-state index in [1.807, 2.05) is 41.8 Å². The first-order valence-electron chi connectivity index (χ1n) is 8.08. The molecule has 6 nitrogen and oxygen atoms in total. The summed E-state index contributed by atoms with van der Waals surface area (Å²) in [7, 11) is 0. The number of aromatic nitrogens is 3. The lowest BCUT2D eigenvalue weighted by atomic mass is 10.2. The Bertz CT molecular complexity index is 858. The number of rotatable bonds is 7. The summed E-state index contributed by atoms with van der Waals surface area (Å²) in [4.78, 5) is 16.0. The van der Waals surface area contributed by atoms with Crippen molar-refractivity contribution >= 4 is 23.0 Å². The van der Waals surface area contributed by atoms with E-state index in [-0.39, 0.29) is 5.56 Å². The molecule has 0 saturated heterocycles. The number of nitrogens with zero attached hydrogens (tertiary/aromatic N) is 2. The summed E-state index contributed by atoms with van der Waals surface area (Å²) in [6, 6.07) is 11.4. The van der Waals surface area contributed by atoms with Crippen molar-refractivity contribution in [3.8, 4) is 5.75 Å². The maximum Gasteiger partial charge on any atom is 0.274 e. The number of hydrogen-bond donors (Lipinski definition) is 2. The Kier molecular flexibility index (Phi) is 5.45. The Hall–Kier alpha value is -2.67. The van der Waals surface area contributed by atoms with E-state index in [2.05, 4.69) is 34.3 Å². The van der Waals surface area contributed by atoms with Crippen molar-refractivity contribution in [3.05, 3.63) is 62.7 Å². The summed E-state index contributed by atoms with van der Waals surface area (Å²) in [6.45, 7) is 4.89. The molecule has 7 heteroatoms. The van der Waals surface area contributed by atoms with Gasteiger partial charge in [-0.15, -0.1) is 21.5 Å². The van der Waals surface area contributed by atoms with Gasteiger partial charge >= 0.3 is 0 Å². The van der Waals surface area contributed by atoms with E-state index in [4.69, 9.17) is 4.74 Å². The molecule has 0 bridgehead atoms. The lowest BCUT2D eigenvalue weighted by molar-refractivity contribution is 0.271. The van der Waals surface area contributed by atoms with Crippen molar-refractivity contribution in [3.63, 3.8) is 0 Å². The average Bonchev–Trinajstić information content (AvgIpc) is 3.10. The molecule has 0 aliphatic heterocycles. The lowest BCUT2D eigenvalue weighted by Crippen LogP contribution is -2.18. The normalized spacial score (nSPS) is 10.8. The minimum atomic E-state index is -0.234. The minimum absolute atomic E-state index is 0.234. The first kappa shape index (κ1) is 17.2. The Morgan fingerprint density at radius 2 is 2.00 bits per heavy atom. The number of hydrogen-bond acceptors (Lipinski definition) is 6. The van der Waals surface area contributed by atoms with Crippen molar-refractivity contribution in [2.75, 3.05) is 11.9 Å². The summed E-state index contributed by atoms with van der Waals surface area (Å²) >= 11 is 1.59. The van der Waals surface area contributed by atoms with Crippen LogP contribution in [-0.4, -0.2) is 21.8 Å². The van der Waals surface area contributed by atoms with Crippen molar-refractivity contribution < 1.29 is 4.74 Å². The quantitative estimate of drug-likeness (QED) is 0.676. The SMILES string of the molecule is CC(C)COc1ccc(Nc2nnc(Cc3cccs3)c(=O)[nH]2)cc1. The third-order valence-electron chi connectivity index (χ3n) is 3.39. The molecule has 0 amide bonds. The van der Waals surface area contributed by atoms with Crippen LogP contribution in [0.1, 0.15) is 24.4 Å². The number of aromatic amines is 1. The number of H-pyrrole nitrogens is 1.